The molecule has 6 heteroatoms. The molecule has 1 aliphatic rings. The van der Waals surface area contributed by atoms with Crippen LogP contribution in [0.3, 0.4) is 0 Å². The van der Waals surface area contributed by atoms with Crippen LogP contribution < -0.4 is 9.03 Å². The molecule has 0 bridgehead atoms. The molecule has 0 aromatic heterocycles. The molecule has 1 aromatic rings. The smallest absolute Gasteiger partial charge is 0.294 e. The molecule has 92 valence electrons. The van der Waals surface area contributed by atoms with Crippen LogP contribution in [-0.2, 0) is 10.2 Å². The Hall–Kier alpha value is -1.40. The molecule has 0 saturated heterocycles. The van der Waals surface area contributed by atoms with Gasteiger partial charge in [0.2, 0.25) is 0 Å². The zero-order valence-electron chi connectivity index (χ0n) is 9.51. The Morgan fingerprint density at radius 1 is 1.29 bits per heavy atom. The summed E-state index contributed by atoms with van der Waals surface area (Å²) in [6, 6.07) is 6.80. The number of hydrogen-bond donors (Lipinski definition) is 1. The Morgan fingerprint density at radius 3 is 2.71 bits per heavy atom. The highest BCUT2D eigenvalue weighted by atomic mass is 32.2. The van der Waals surface area contributed by atoms with E-state index in [1.54, 1.807) is 24.3 Å². The highest BCUT2D eigenvalue weighted by Crippen LogP contribution is 2.27. The van der Waals surface area contributed by atoms with Gasteiger partial charge in [-0.15, -0.1) is 0 Å². The summed E-state index contributed by atoms with van der Waals surface area (Å²) in [5, 5.41) is 0. The quantitative estimate of drug-likeness (QED) is 0.854. The van der Waals surface area contributed by atoms with E-state index in [0.29, 0.717) is 30.6 Å². The van der Waals surface area contributed by atoms with Gasteiger partial charge in [0.1, 0.15) is 0 Å². The van der Waals surface area contributed by atoms with E-state index in [2.05, 4.69) is 4.72 Å². The van der Waals surface area contributed by atoms with Crippen LogP contribution in [0, 0.1) is 0 Å². The first-order valence-corrected chi connectivity index (χ1v) is 6.83. The summed E-state index contributed by atoms with van der Waals surface area (Å²) in [4.78, 5) is 11.8. The average molecular weight is 254 g/mol. The van der Waals surface area contributed by atoms with Crippen LogP contribution in [0.15, 0.2) is 24.3 Å². The van der Waals surface area contributed by atoms with E-state index >= 15 is 0 Å². The third kappa shape index (κ3) is 2.18. The van der Waals surface area contributed by atoms with E-state index in [9.17, 15) is 13.2 Å². The summed E-state index contributed by atoms with van der Waals surface area (Å²) in [6.45, 7) is 0.325. The number of benzene rings is 1. The molecule has 0 atom stereocenters. The van der Waals surface area contributed by atoms with E-state index < -0.39 is 10.2 Å². The number of nitrogens with one attached hydrogen (secondary N) is 1. The number of para-hydroxylation sites is 1. The van der Waals surface area contributed by atoms with E-state index in [1.165, 1.54) is 11.4 Å². The van der Waals surface area contributed by atoms with Gasteiger partial charge in [-0.3, -0.25) is 9.10 Å². The first-order chi connectivity index (χ1) is 8.06. The third-order valence-corrected chi connectivity index (χ3v) is 4.26. The number of hydrogen-bond acceptors (Lipinski definition) is 3. The van der Waals surface area contributed by atoms with Gasteiger partial charge in [0, 0.05) is 25.6 Å². The molecule has 1 N–H and O–H groups in total. The van der Waals surface area contributed by atoms with Gasteiger partial charge in [0.15, 0.2) is 5.78 Å². The summed E-state index contributed by atoms with van der Waals surface area (Å²) in [6.07, 6.45) is 0.918. The molecule has 1 aliphatic heterocycles. The topological polar surface area (TPSA) is 66.5 Å². The second kappa shape index (κ2) is 4.46. The van der Waals surface area contributed by atoms with E-state index in [0.717, 1.165) is 0 Å². The molecule has 0 saturated carbocycles. The van der Waals surface area contributed by atoms with E-state index in [-0.39, 0.29) is 5.78 Å². The van der Waals surface area contributed by atoms with Crippen LogP contribution in [-0.4, -0.2) is 27.8 Å². The van der Waals surface area contributed by atoms with Crippen LogP contribution in [0.1, 0.15) is 23.2 Å². The predicted molar refractivity (Wildman–Crippen MR) is 65.3 cm³/mol. The van der Waals surface area contributed by atoms with Crippen LogP contribution in [0.5, 0.6) is 0 Å². The molecule has 1 aromatic carbocycles. The lowest BCUT2D eigenvalue weighted by Crippen LogP contribution is -2.39. The lowest BCUT2D eigenvalue weighted by Gasteiger charge is -2.23. The maximum absolute atomic E-state index is 11.9. The monoisotopic (exact) mass is 254 g/mol. The van der Waals surface area contributed by atoms with Crippen molar-refractivity contribution >= 4 is 21.7 Å². The maximum Gasteiger partial charge on any atom is 0.301 e. The summed E-state index contributed by atoms with van der Waals surface area (Å²) < 4.78 is 27.3. The summed E-state index contributed by atoms with van der Waals surface area (Å²) in [5.74, 6) is -0.00518. The fraction of sp³-hybridized carbons (Fsp3) is 0.364. The number of anilines is 1. The van der Waals surface area contributed by atoms with Crippen LogP contribution in [0.2, 0.25) is 0 Å². The normalized spacial score (nSPS) is 16.5. The molecule has 0 fully saturated rings. The lowest BCUT2D eigenvalue weighted by molar-refractivity contribution is 0.0984. The zero-order chi connectivity index (χ0) is 12.5. The summed E-state index contributed by atoms with van der Waals surface area (Å²) in [5.41, 5.74) is 0.938. The molecule has 17 heavy (non-hydrogen) atoms. The largest absolute Gasteiger partial charge is 0.301 e. The molecular weight excluding hydrogens is 240 g/mol. The molecule has 2 rings (SSSR count). The molecule has 0 spiro atoms. The standard InChI is InChI=1S/C11H14N2O3S/c1-12-17(15,16)13-8-4-7-11(14)9-5-2-3-6-10(9)13/h2-3,5-6,12H,4,7-8H2,1H3. The second-order valence-corrected chi connectivity index (χ2v) is 5.62. The highest BCUT2D eigenvalue weighted by Gasteiger charge is 2.27. The van der Waals surface area contributed by atoms with Gasteiger partial charge in [0.25, 0.3) is 0 Å². The number of ketones is 1. The van der Waals surface area contributed by atoms with Crippen molar-refractivity contribution < 1.29 is 13.2 Å². The molecule has 0 radical (unpaired) electrons. The van der Waals surface area contributed by atoms with Crippen molar-refractivity contribution in [3.05, 3.63) is 29.8 Å². The lowest BCUT2D eigenvalue weighted by atomic mass is 10.1. The second-order valence-electron chi connectivity index (χ2n) is 3.83. The average Bonchev–Trinajstić information content (AvgIpc) is 2.50. The molecular formula is C11H14N2O3S. The van der Waals surface area contributed by atoms with Crippen molar-refractivity contribution in [2.75, 3.05) is 17.9 Å². The Labute approximate surface area is 101 Å². The highest BCUT2D eigenvalue weighted by molar-refractivity contribution is 7.90. The summed E-state index contributed by atoms with van der Waals surface area (Å²) >= 11 is 0. The SMILES string of the molecule is CNS(=O)(=O)N1CCCC(=O)c2ccccc21. The van der Waals surface area contributed by atoms with Crippen molar-refractivity contribution in [3.63, 3.8) is 0 Å². The number of fused-ring (bicyclic) bond motifs is 1. The maximum atomic E-state index is 11.9. The Morgan fingerprint density at radius 2 is 2.00 bits per heavy atom. The molecule has 0 aliphatic carbocycles. The number of carbonyl (C=O) groups excluding carboxylic acids is 1. The van der Waals surface area contributed by atoms with Gasteiger partial charge in [-0.25, -0.2) is 4.72 Å². The molecule has 0 amide bonds. The minimum absolute atomic E-state index is 0.00518. The van der Waals surface area contributed by atoms with Gasteiger partial charge in [-0.1, -0.05) is 12.1 Å². The van der Waals surface area contributed by atoms with Crippen molar-refractivity contribution in [1.29, 1.82) is 0 Å². The summed E-state index contributed by atoms with van der Waals surface area (Å²) in [7, 11) is -2.18. The van der Waals surface area contributed by atoms with E-state index in [4.69, 9.17) is 0 Å². The predicted octanol–water partition coefficient (Wildman–Crippen LogP) is 0.934. The first kappa shape index (κ1) is 12.1. The number of nitrogens with zero attached hydrogens (tertiary/aromatic N) is 1. The van der Waals surface area contributed by atoms with E-state index in [1.807, 2.05) is 0 Å². The van der Waals surface area contributed by atoms with Gasteiger partial charge in [-0.05, 0) is 18.6 Å². The van der Waals surface area contributed by atoms with Crippen molar-refractivity contribution in [2.45, 2.75) is 12.8 Å². The number of carbonyl (C=O) groups is 1. The van der Waals surface area contributed by atoms with Crippen molar-refractivity contribution in [3.8, 4) is 0 Å². The minimum Gasteiger partial charge on any atom is -0.294 e. The number of rotatable bonds is 2. The van der Waals surface area contributed by atoms with Crippen LogP contribution >= 0.6 is 0 Å². The van der Waals surface area contributed by atoms with Crippen LogP contribution in [0.25, 0.3) is 0 Å². The molecule has 0 unspecified atom stereocenters. The minimum atomic E-state index is -3.55. The Kier molecular flexibility index (Phi) is 3.17. The molecule has 1 heterocycles. The zero-order valence-corrected chi connectivity index (χ0v) is 10.3. The Balaban J connectivity index is 2.57. The van der Waals surface area contributed by atoms with Gasteiger partial charge < -0.3 is 0 Å². The fourth-order valence-corrected chi connectivity index (χ4v) is 2.93. The molecule has 5 nitrogen and oxygen atoms in total. The fourth-order valence-electron chi connectivity index (χ4n) is 1.93. The number of Topliss-reactive ketones (excluding diaryl/α,β-unsaturated/α-hetero) is 1. The first-order valence-electron chi connectivity index (χ1n) is 5.39. The van der Waals surface area contributed by atoms with Crippen molar-refractivity contribution in [2.24, 2.45) is 0 Å². The van der Waals surface area contributed by atoms with Crippen LogP contribution in [0.4, 0.5) is 5.69 Å². The van der Waals surface area contributed by atoms with Crippen molar-refractivity contribution in [1.82, 2.24) is 4.72 Å². The Bertz CT molecular complexity index is 539. The van der Waals surface area contributed by atoms with Gasteiger partial charge in [-0.2, -0.15) is 8.42 Å². The van der Waals surface area contributed by atoms with Gasteiger partial charge in [0.05, 0.1) is 5.69 Å². The third-order valence-electron chi connectivity index (χ3n) is 2.79. The van der Waals surface area contributed by atoms with Gasteiger partial charge >= 0.3 is 10.2 Å².